The highest BCUT2D eigenvalue weighted by Crippen LogP contribution is 2.24. The van der Waals surface area contributed by atoms with Crippen LogP contribution in [0.25, 0.3) is 10.6 Å². The second-order valence-electron chi connectivity index (χ2n) is 4.50. The third-order valence-corrected chi connectivity index (χ3v) is 3.90. The van der Waals surface area contributed by atoms with E-state index in [9.17, 15) is 9.59 Å². The van der Waals surface area contributed by atoms with Crippen molar-refractivity contribution in [1.29, 1.82) is 0 Å². The number of amides is 1. The maximum absolute atomic E-state index is 11.9. The SMILES string of the molecule is O=C(O)CCCCNC(=O)c1cnc(-c2ccccc2)s1. The molecule has 0 aliphatic rings. The van der Waals surface area contributed by atoms with Crippen LogP contribution >= 0.6 is 11.3 Å². The fraction of sp³-hybridized carbons (Fsp3) is 0.267. The minimum Gasteiger partial charge on any atom is -0.481 e. The fourth-order valence-electron chi connectivity index (χ4n) is 1.78. The highest BCUT2D eigenvalue weighted by atomic mass is 32.1. The summed E-state index contributed by atoms with van der Waals surface area (Å²) in [5.74, 6) is -0.971. The molecule has 0 saturated carbocycles. The number of aromatic nitrogens is 1. The maximum atomic E-state index is 11.9. The van der Waals surface area contributed by atoms with E-state index < -0.39 is 5.97 Å². The van der Waals surface area contributed by atoms with Gasteiger partial charge in [-0.25, -0.2) is 4.98 Å². The molecular weight excluding hydrogens is 288 g/mol. The number of benzene rings is 1. The molecule has 2 rings (SSSR count). The molecule has 0 aliphatic carbocycles. The van der Waals surface area contributed by atoms with E-state index >= 15 is 0 Å². The Labute approximate surface area is 126 Å². The molecule has 110 valence electrons. The molecule has 2 N–H and O–H groups in total. The van der Waals surface area contributed by atoms with Crippen LogP contribution < -0.4 is 5.32 Å². The molecule has 1 heterocycles. The van der Waals surface area contributed by atoms with Gasteiger partial charge in [-0.3, -0.25) is 9.59 Å². The van der Waals surface area contributed by atoms with Gasteiger partial charge in [-0.1, -0.05) is 30.3 Å². The van der Waals surface area contributed by atoms with Gasteiger partial charge in [0.15, 0.2) is 0 Å². The summed E-state index contributed by atoms with van der Waals surface area (Å²) in [6.45, 7) is 0.477. The first kappa shape index (κ1) is 15.2. The van der Waals surface area contributed by atoms with Crippen LogP contribution in [0.5, 0.6) is 0 Å². The summed E-state index contributed by atoms with van der Waals surface area (Å²) in [6.07, 6.45) is 2.92. The van der Waals surface area contributed by atoms with Gasteiger partial charge in [-0.2, -0.15) is 0 Å². The summed E-state index contributed by atoms with van der Waals surface area (Å²) in [6, 6.07) is 9.69. The molecule has 0 unspecified atom stereocenters. The smallest absolute Gasteiger partial charge is 0.303 e. The third kappa shape index (κ3) is 4.68. The van der Waals surface area contributed by atoms with E-state index in [-0.39, 0.29) is 12.3 Å². The molecule has 0 saturated heterocycles. The summed E-state index contributed by atoms with van der Waals surface area (Å²) >= 11 is 1.35. The van der Waals surface area contributed by atoms with Gasteiger partial charge in [0.25, 0.3) is 5.91 Å². The Morgan fingerprint density at radius 1 is 1.19 bits per heavy atom. The predicted molar refractivity (Wildman–Crippen MR) is 81.4 cm³/mol. The van der Waals surface area contributed by atoms with E-state index in [4.69, 9.17) is 5.11 Å². The molecular formula is C15H16N2O3S. The van der Waals surface area contributed by atoms with Crippen molar-refractivity contribution >= 4 is 23.2 Å². The zero-order valence-electron chi connectivity index (χ0n) is 11.4. The summed E-state index contributed by atoms with van der Waals surface area (Å²) in [5, 5.41) is 12.1. The maximum Gasteiger partial charge on any atom is 0.303 e. The van der Waals surface area contributed by atoms with Gasteiger partial charge in [-0.15, -0.1) is 11.3 Å². The van der Waals surface area contributed by atoms with Crippen LogP contribution in [0.1, 0.15) is 28.9 Å². The molecule has 0 radical (unpaired) electrons. The van der Waals surface area contributed by atoms with Crippen LogP contribution in [-0.2, 0) is 4.79 Å². The summed E-state index contributed by atoms with van der Waals surface area (Å²) in [5.41, 5.74) is 0.989. The number of nitrogens with zero attached hydrogens (tertiary/aromatic N) is 1. The Kier molecular flexibility index (Phi) is 5.45. The summed E-state index contributed by atoms with van der Waals surface area (Å²) in [4.78, 5) is 27.1. The highest BCUT2D eigenvalue weighted by molar-refractivity contribution is 7.16. The average Bonchev–Trinajstić information content (AvgIpc) is 2.97. The van der Waals surface area contributed by atoms with Gasteiger partial charge in [0.1, 0.15) is 9.88 Å². The normalized spacial score (nSPS) is 10.3. The van der Waals surface area contributed by atoms with Crippen molar-refractivity contribution in [3.63, 3.8) is 0 Å². The largest absolute Gasteiger partial charge is 0.481 e. The van der Waals surface area contributed by atoms with Crippen molar-refractivity contribution in [3.8, 4) is 10.6 Å². The van der Waals surface area contributed by atoms with E-state index in [1.165, 1.54) is 11.3 Å². The lowest BCUT2D eigenvalue weighted by atomic mass is 10.2. The quantitative estimate of drug-likeness (QED) is 0.771. The molecule has 0 atom stereocenters. The number of carbonyl (C=O) groups is 2. The van der Waals surface area contributed by atoms with Gasteiger partial charge in [0.05, 0.1) is 6.20 Å². The summed E-state index contributed by atoms with van der Waals surface area (Å²) in [7, 11) is 0. The van der Waals surface area contributed by atoms with Crippen molar-refractivity contribution < 1.29 is 14.7 Å². The van der Waals surface area contributed by atoms with E-state index in [2.05, 4.69) is 10.3 Å². The lowest BCUT2D eigenvalue weighted by Crippen LogP contribution is -2.23. The number of aliphatic carboxylic acids is 1. The number of hydrogen-bond acceptors (Lipinski definition) is 4. The molecule has 0 spiro atoms. The van der Waals surface area contributed by atoms with Crippen LogP contribution in [0.4, 0.5) is 0 Å². The zero-order valence-corrected chi connectivity index (χ0v) is 12.2. The van der Waals surface area contributed by atoms with E-state index in [1.807, 2.05) is 30.3 Å². The number of carboxylic acid groups (broad SMARTS) is 1. The molecule has 5 nitrogen and oxygen atoms in total. The molecule has 1 aromatic carbocycles. The monoisotopic (exact) mass is 304 g/mol. The Balaban J connectivity index is 1.84. The minimum absolute atomic E-state index is 0.134. The minimum atomic E-state index is -0.809. The van der Waals surface area contributed by atoms with Gasteiger partial charge >= 0.3 is 5.97 Å². The van der Waals surface area contributed by atoms with Gasteiger partial charge in [0.2, 0.25) is 0 Å². The first-order valence-corrected chi connectivity index (χ1v) is 7.49. The van der Waals surface area contributed by atoms with E-state index in [0.29, 0.717) is 24.3 Å². The fourth-order valence-corrected chi connectivity index (χ4v) is 2.62. The molecule has 0 aliphatic heterocycles. The number of carbonyl (C=O) groups excluding carboxylic acids is 1. The van der Waals surface area contributed by atoms with Crippen LogP contribution in [0, 0.1) is 0 Å². The topological polar surface area (TPSA) is 79.3 Å². The van der Waals surface area contributed by atoms with Crippen molar-refractivity contribution in [2.45, 2.75) is 19.3 Å². The first-order chi connectivity index (χ1) is 10.2. The second-order valence-corrected chi connectivity index (χ2v) is 5.53. The third-order valence-electron chi connectivity index (χ3n) is 2.85. The number of thiazole rings is 1. The van der Waals surface area contributed by atoms with Crippen LogP contribution in [0.2, 0.25) is 0 Å². The molecule has 1 amide bonds. The Bertz CT molecular complexity index is 610. The molecule has 1 aromatic heterocycles. The summed E-state index contributed by atoms with van der Waals surface area (Å²) < 4.78 is 0. The number of hydrogen-bond donors (Lipinski definition) is 2. The van der Waals surface area contributed by atoms with Gasteiger partial charge in [-0.05, 0) is 12.8 Å². The van der Waals surface area contributed by atoms with Crippen molar-refractivity contribution in [1.82, 2.24) is 10.3 Å². The second kappa shape index (κ2) is 7.54. The van der Waals surface area contributed by atoms with E-state index in [1.54, 1.807) is 6.20 Å². The predicted octanol–water partition coefficient (Wildman–Crippen LogP) is 2.79. The van der Waals surface area contributed by atoms with Gasteiger partial charge in [0, 0.05) is 18.5 Å². The highest BCUT2D eigenvalue weighted by Gasteiger charge is 2.11. The van der Waals surface area contributed by atoms with Gasteiger partial charge < -0.3 is 10.4 Å². The molecule has 21 heavy (non-hydrogen) atoms. The molecule has 6 heteroatoms. The number of carboxylic acids is 1. The van der Waals surface area contributed by atoms with Crippen LogP contribution in [0.3, 0.4) is 0 Å². The molecule has 0 fully saturated rings. The van der Waals surface area contributed by atoms with Crippen molar-refractivity contribution in [2.75, 3.05) is 6.54 Å². The van der Waals surface area contributed by atoms with E-state index in [0.717, 1.165) is 10.6 Å². The lowest BCUT2D eigenvalue weighted by Gasteiger charge is -2.01. The molecule has 2 aromatic rings. The van der Waals surface area contributed by atoms with Crippen molar-refractivity contribution in [2.24, 2.45) is 0 Å². The Morgan fingerprint density at radius 2 is 1.95 bits per heavy atom. The number of rotatable bonds is 7. The number of nitrogens with one attached hydrogen (secondary N) is 1. The number of unbranched alkanes of at least 4 members (excludes halogenated alkanes) is 1. The molecule has 0 bridgehead atoms. The first-order valence-electron chi connectivity index (χ1n) is 6.68. The van der Waals surface area contributed by atoms with Crippen LogP contribution in [-0.4, -0.2) is 28.5 Å². The Morgan fingerprint density at radius 3 is 2.67 bits per heavy atom. The standard InChI is InChI=1S/C15H16N2O3S/c18-13(19)8-4-5-9-16-14(20)12-10-17-15(21-12)11-6-2-1-3-7-11/h1-3,6-7,10H,4-5,8-9H2,(H,16,20)(H,18,19). The lowest BCUT2D eigenvalue weighted by molar-refractivity contribution is -0.137. The average molecular weight is 304 g/mol. The van der Waals surface area contributed by atoms with Crippen molar-refractivity contribution in [3.05, 3.63) is 41.4 Å². The zero-order chi connectivity index (χ0) is 15.1. The van der Waals surface area contributed by atoms with Crippen LogP contribution in [0.15, 0.2) is 36.5 Å². The Hall–Kier alpha value is -2.21.